The number of aromatic amines is 1. The number of carbonyl (C=O) groups is 1. The van der Waals surface area contributed by atoms with Crippen LogP contribution in [0.1, 0.15) is 33.9 Å². The highest BCUT2D eigenvalue weighted by molar-refractivity contribution is 7.15. The second-order valence-electron chi connectivity index (χ2n) is 7.34. The fourth-order valence-electron chi connectivity index (χ4n) is 3.74. The number of amides is 1. The number of fused-ring (bicyclic) bond motifs is 2. The summed E-state index contributed by atoms with van der Waals surface area (Å²) in [7, 11) is 0. The first kappa shape index (κ1) is 17.9. The smallest absolute Gasteiger partial charge is 0.270 e. The molecule has 0 bridgehead atoms. The number of aliphatic hydroxyl groups excluding tert-OH is 1. The summed E-state index contributed by atoms with van der Waals surface area (Å²) in [6.45, 7) is 1.08. The van der Waals surface area contributed by atoms with Gasteiger partial charge in [0.15, 0.2) is 5.13 Å². The largest absolute Gasteiger partial charge is 0.393 e. The molecule has 1 fully saturated rings. The van der Waals surface area contributed by atoms with Gasteiger partial charge in [-0.25, -0.2) is 9.37 Å². The summed E-state index contributed by atoms with van der Waals surface area (Å²) in [5.74, 6) is -0.637. The van der Waals surface area contributed by atoms with Crippen LogP contribution in [0.25, 0.3) is 10.9 Å². The number of rotatable bonds is 3. The fraction of sp³-hybridized carbons (Fsp3) is 0.368. The normalized spacial score (nSPS) is 21.5. The Bertz CT molecular complexity index is 1080. The van der Waals surface area contributed by atoms with Gasteiger partial charge in [0.05, 0.1) is 23.4 Å². The molecule has 2 aliphatic rings. The number of aromatic nitrogens is 2. The summed E-state index contributed by atoms with van der Waals surface area (Å²) in [5, 5.41) is 14.2. The quantitative estimate of drug-likeness (QED) is 0.605. The topological polar surface area (TPSA) is 81.2 Å². The van der Waals surface area contributed by atoms with Crippen LogP contribution in [-0.4, -0.2) is 44.6 Å². The minimum Gasteiger partial charge on any atom is -0.393 e. The molecule has 5 rings (SSSR count). The van der Waals surface area contributed by atoms with Gasteiger partial charge in [-0.1, -0.05) is 22.9 Å². The van der Waals surface area contributed by atoms with E-state index in [0.29, 0.717) is 36.1 Å². The summed E-state index contributed by atoms with van der Waals surface area (Å²) >= 11 is 7.58. The van der Waals surface area contributed by atoms with Crippen LogP contribution in [0.5, 0.6) is 0 Å². The van der Waals surface area contributed by atoms with E-state index in [9.17, 15) is 14.3 Å². The van der Waals surface area contributed by atoms with Crippen LogP contribution in [0.4, 0.5) is 9.52 Å². The number of H-pyrrole nitrogens is 1. The SMILES string of the molecule is O=C(c1cc2c(Cl)c(F)ccc2[nH]1)N1CCc2nc(N[C@H]3C[C@H](O)C3)sc2C1. The van der Waals surface area contributed by atoms with Gasteiger partial charge < -0.3 is 20.3 Å². The van der Waals surface area contributed by atoms with E-state index in [4.69, 9.17) is 11.6 Å². The maximum Gasteiger partial charge on any atom is 0.270 e. The van der Waals surface area contributed by atoms with Gasteiger partial charge in [-0.05, 0) is 31.0 Å². The van der Waals surface area contributed by atoms with E-state index in [0.717, 1.165) is 28.5 Å². The monoisotopic (exact) mass is 420 g/mol. The van der Waals surface area contributed by atoms with Gasteiger partial charge in [-0.3, -0.25) is 4.79 Å². The Morgan fingerprint density at radius 2 is 2.25 bits per heavy atom. The number of nitrogens with zero attached hydrogens (tertiary/aromatic N) is 2. The highest BCUT2D eigenvalue weighted by Crippen LogP contribution is 2.33. The third kappa shape index (κ3) is 3.05. The summed E-state index contributed by atoms with van der Waals surface area (Å²) < 4.78 is 13.7. The molecule has 1 saturated carbocycles. The Labute approximate surface area is 169 Å². The number of nitrogens with one attached hydrogen (secondary N) is 2. The van der Waals surface area contributed by atoms with Crippen molar-refractivity contribution < 1.29 is 14.3 Å². The van der Waals surface area contributed by atoms with E-state index < -0.39 is 5.82 Å². The minimum absolute atomic E-state index is 0.0213. The molecule has 3 N–H and O–H groups in total. The maximum absolute atomic E-state index is 13.7. The lowest BCUT2D eigenvalue weighted by atomic mass is 9.90. The molecule has 9 heteroatoms. The van der Waals surface area contributed by atoms with Crippen molar-refractivity contribution in [2.45, 2.75) is 38.0 Å². The van der Waals surface area contributed by atoms with E-state index in [1.165, 1.54) is 6.07 Å². The van der Waals surface area contributed by atoms with Crippen LogP contribution in [0.15, 0.2) is 18.2 Å². The Kier molecular flexibility index (Phi) is 4.30. The second-order valence-corrected chi connectivity index (χ2v) is 8.80. The van der Waals surface area contributed by atoms with Crippen LogP contribution < -0.4 is 5.32 Å². The van der Waals surface area contributed by atoms with Crippen molar-refractivity contribution >= 4 is 44.9 Å². The number of hydrogen-bond donors (Lipinski definition) is 3. The molecule has 3 heterocycles. The van der Waals surface area contributed by atoms with Crippen LogP contribution in [0.3, 0.4) is 0 Å². The summed E-state index contributed by atoms with van der Waals surface area (Å²) in [6.07, 6.45) is 1.98. The third-order valence-electron chi connectivity index (χ3n) is 5.38. The van der Waals surface area contributed by atoms with Gasteiger partial charge in [0.25, 0.3) is 5.91 Å². The summed E-state index contributed by atoms with van der Waals surface area (Å²) in [5.41, 5.74) is 2.06. The van der Waals surface area contributed by atoms with Crippen molar-refractivity contribution in [3.05, 3.63) is 45.3 Å². The molecule has 3 aromatic rings. The van der Waals surface area contributed by atoms with E-state index in [1.54, 1.807) is 28.4 Å². The number of thiazole rings is 1. The van der Waals surface area contributed by atoms with Crippen molar-refractivity contribution in [2.75, 3.05) is 11.9 Å². The summed E-state index contributed by atoms with van der Waals surface area (Å²) in [4.78, 5) is 23.5. The Morgan fingerprint density at radius 1 is 1.43 bits per heavy atom. The molecular formula is C19H18ClFN4O2S. The molecule has 146 valence electrons. The van der Waals surface area contributed by atoms with Crippen molar-refractivity contribution in [1.29, 1.82) is 0 Å². The molecule has 0 spiro atoms. The molecule has 1 amide bonds. The van der Waals surface area contributed by atoms with Crippen molar-refractivity contribution in [3.8, 4) is 0 Å². The lowest BCUT2D eigenvalue weighted by Crippen LogP contribution is -2.38. The van der Waals surface area contributed by atoms with E-state index in [1.807, 2.05) is 0 Å². The van der Waals surface area contributed by atoms with Crippen LogP contribution in [0.2, 0.25) is 5.02 Å². The molecule has 0 saturated heterocycles. The maximum atomic E-state index is 13.7. The average molecular weight is 421 g/mol. The number of hydrogen-bond acceptors (Lipinski definition) is 5. The molecule has 0 atom stereocenters. The molecule has 28 heavy (non-hydrogen) atoms. The zero-order valence-corrected chi connectivity index (χ0v) is 16.4. The lowest BCUT2D eigenvalue weighted by molar-refractivity contribution is 0.0731. The van der Waals surface area contributed by atoms with Crippen molar-refractivity contribution in [2.24, 2.45) is 0 Å². The summed E-state index contributed by atoms with van der Waals surface area (Å²) in [6, 6.07) is 4.76. The number of aliphatic hydroxyl groups is 1. The fourth-order valence-corrected chi connectivity index (χ4v) is 5.06. The van der Waals surface area contributed by atoms with Gasteiger partial charge in [0.2, 0.25) is 0 Å². The van der Waals surface area contributed by atoms with Gasteiger partial charge in [0, 0.05) is 34.8 Å². The predicted molar refractivity (Wildman–Crippen MR) is 106 cm³/mol. The van der Waals surface area contributed by atoms with E-state index >= 15 is 0 Å². The minimum atomic E-state index is -0.501. The van der Waals surface area contributed by atoms with Crippen LogP contribution in [-0.2, 0) is 13.0 Å². The third-order valence-corrected chi connectivity index (χ3v) is 6.78. The first-order valence-corrected chi connectivity index (χ1v) is 10.4. The number of halogens is 2. The highest BCUT2D eigenvalue weighted by atomic mass is 35.5. The van der Waals surface area contributed by atoms with Crippen molar-refractivity contribution in [1.82, 2.24) is 14.9 Å². The molecule has 0 unspecified atom stereocenters. The highest BCUT2D eigenvalue weighted by Gasteiger charge is 2.30. The molecular weight excluding hydrogens is 403 g/mol. The van der Waals surface area contributed by atoms with Gasteiger partial charge in [0.1, 0.15) is 11.5 Å². The Morgan fingerprint density at radius 3 is 3.04 bits per heavy atom. The molecule has 1 aliphatic heterocycles. The Hall–Kier alpha value is -2.16. The van der Waals surface area contributed by atoms with Gasteiger partial charge in [-0.2, -0.15) is 0 Å². The standard InChI is InChI=1S/C19H18ClFN4O2S/c20-17-11-7-15(23-13(11)2-1-12(17)21)18(27)25-4-3-14-16(8-25)28-19(24-14)22-9-5-10(26)6-9/h1-2,7,9-10,23,26H,3-6,8H2,(H,22,24)/t9-,10-. The molecule has 6 nitrogen and oxygen atoms in total. The second kappa shape index (κ2) is 6.72. The Balaban J connectivity index is 1.33. The average Bonchev–Trinajstić information content (AvgIpc) is 3.26. The van der Waals surface area contributed by atoms with Gasteiger partial charge >= 0.3 is 0 Å². The first-order valence-electron chi connectivity index (χ1n) is 9.17. The lowest BCUT2D eigenvalue weighted by Gasteiger charge is -2.31. The number of anilines is 1. The molecule has 0 radical (unpaired) electrons. The predicted octanol–water partition coefficient (Wildman–Crippen LogP) is 3.55. The van der Waals surface area contributed by atoms with Crippen LogP contribution >= 0.6 is 22.9 Å². The number of benzene rings is 1. The molecule has 1 aliphatic carbocycles. The van der Waals surface area contributed by atoms with Gasteiger partial charge in [-0.15, -0.1) is 0 Å². The van der Waals surface area contributed by atoms with E-state index in [2.05, 4.69) is 15.3 Å². The number of carbonyl (C=O) groups excluding carboxylic acids is 1. The zero-order valence-electron chi connectivity index (χ0n) is 14.8. The zero-order chi connectivity index (χ0) is 19.4. The first-order chi connectivity index (χ1) is 13.5. The van der Waals surface area contributed by atoms with Crippen molar-refractivity contribution in [3.63, 3.8) is 0 Å². The molecule has 1 aromatic carbocycles. The van der Waals surface area contributed by atoms with Crippen LogP contribution in [0, 0.1) is 5.82 Å². The molecule has 2 aromatic heterocycles. The van der Waals surface area contributed by atoms with E-state index in [-0.39, 0.29) is 23.1 Å².